The number of rotatable bonds is 6. The minimum absolute atomic E-state index is 0.256. The van der Waals surface area contributed by atoms with E-state index in [1.54, 1.807) is 6.92 Å². The van der Waals surface area contributed by atoms with E-state index in [-0.39, 0.29) is 12.8 Å². The summed E-state index contributed by atoms with van der Waals surface area (Å²) in [6, 6.07) is 0. The van der Waals surface area contributed by atoms with Crippen LogP contribution in [0.5, 0.6) is 0 Å². The number of hydrogen-bond acceptors (Lipinski definition) is 5. The van der Waals surface area contributed by atoms with Gasteiger partial charge < -0.3 is 9.32 Å². The maximum atomic E-state index is 11.1. The van der Waals surface area contributed by atoms with Crippen molar-refractivity contribution in [2.45, 2.75) is 6.92 Å². The van der Waals surface area contributed by atoms with Gasteiger partial charge >= 0.3 is 7.60 Å². The third-order valence-electron chi connectivity index (χ3n) is 0.860. The summed E-state index contributed by atoms with van der Waals surface area (Å²) in [5.41, 5.74) is 0. The number of aldehydes is 1. The van der Waals surface area contributed by atoms with E-state index in [1.165, 1.54) is 7.11 Å². The van der Waals surface area contributed by atoms with Crippen molar-refractivity contribution in [3.05, 3.63) is 0 Å². The van der Waals surface area contributed by atoms with Gasteiger partial charge in [0.15, 0.2) is 0 Å². The van der Waals surface area contributed by atoms with E-state index in [0.717, 1.165) is 0 Å². The van der Waals surface area contributed by atoms with Gasteiger partial charge in [0, 0.05) is 7.11 Å². The van der Waals surface area contributed by atoms with Crippen molar-refractivity contribution in [3.8, 4) is 0 Å². The molecule has 5 nitrogen and oxygen atoms in total. The van der Waals surface area contributed by atoms with Crippen molar-refractivity contribution < 1.29 is 23.4 Å². The van der Waals surface area contributed by atoms with Crippen LogP contribution < -0.4 is 0 Å². The van der Waals surface area contributed by atoms with Gasteiger partial charge in [-0.2, -0.15) is 0 Å². The van der Waals surface area contributed by atoms with Gasteiger partial charge in [0.1, 0.15) is 12.4 Å². The molecule has 0 spiro atoms. The monoisotopic (exact) mass is 182 g/mol. The molecule has 0 aliphatic carbocycles. The molecule has 0 amide bonds. The average molecular weight is 182 g/mol. The van der Waals surface area contributed by atoms with E-state index in [1.807, 2.05) is 0 Å². The molecule has 0 heterocycles. The predicted molar refractivity (Wildman–Crippen MR) is 38.3 cm³/mol. The summed E-state index contributed by atoms with van der Waals surface area (Å²) in [5.74, 6) is 0. The quantitative estimate of drug-likeness (QED) is 0.265. The lowest BCUT2D eigenvalue weighted by Crippen LogP contribution is -1.99. The summed E-state index contributed by atoms with van der Waals surface area (Å²) < 4.78 is 20.0. The van der Waals surface area contributed by atoms with Gasteiger partial charge in [-0.3, -0.25) is 4.57 Å². The maximum Gasteiger partial charge on any atom is 0.364 e. The highest BCUT2D eigenvalue weighted by Gasteiger charge is 2.23. The Bertz CT molecular complexity index is 157. The predicted octanol–water partition coefficient (Wildman–Crippen LogP) is 0.993. The number of carbonyl (C=O) groups is 1. The van der Waals surface area contributed by atoms with Gasteiger partial charge in [0.2, 0.25) is 0 Å². The van der Waals surface area contributed by atoms with Crippen LogP contribution in [0.15, 0.2) is 0 Å². The van der Waals surface area contributed by atoms with Gasteiger partial charge in [-0.25, -0.2) is 4.89 Å². The van der Waals surface area contributed by atoms with Gasteiger partial charge in [-0.05, 0) is 6.92 Å². The van der Waals surface area contributed by atoms with Crippen LogP contribution in [0.4, 0.5) is 0 Å². The lowest BCUT2D eigenvalue weighted by atomic mass is 10.9. The SMILES string of the molecule is CCOOP(=O)(CC=O)OC. The first-order valence-corrected chi connectivity index (χ1v) is 4.81. The maximum absolute atomic E-state index is 11.1. The second kappa shape index (κ2) is 5.43. The Balaban J connectivity index is 3.88. The minimum Gasteiger partial charge on any atom is -0.310 e. The van der Waals surface area contributed by atoms with E-state index in [2.05, 4.69) is 14.1 Å². The van der Waals surface area contributed by atoms with Crippen LogP contribution in [-0.2, 0) is 23.4 Å². The van der Waals surface area contributed by atoms with Gasteiger partial charge in [0.05, 0.1) is 6.61 Å². The molecule has 11 heavy (non-hydrogen) atoms. The molecule has 0 aromatic carbocycles. The van der Waals surface area contributed by atoms with Gasteiger partial charge in [-0.1, -0.05) is 0 Å². The summed E-state index contributed by atoms with van der Waals surface area (Å²) in [7, 11) is -2.11. The molecule has 0 fully saturated rings. The molecule has 0 aliphatic heterocycles. The molecule has 0 aromatic heterocycles. The minimum atomic E-state index is -3.31. The molecule has 0 aromatic rings. The fraction of sp³-hybridized carbons (Fsp3) is 0.800. The average Bonchev–Trinajstić information content (AvgIpc) is 2.02. The molecule has 1 unspecified atom stereocenters. The smallest absolute Gasteiger partial charge is 0.310 e. The highest BCUT2D eigenvalue weighted by Crippen LogP contribution is 2.46. The second-order valence-electron chi connectivity index (χ2n) is 1.62. The first-order chi connectivity index (χ1) is 5.18. The van der Waals surface area contributed by atoms with Crippen molar-refractivity contribution in [3.63, 3.8) is 0 Å². The third kappa shape index (κ3) is 4.27. The van der Waals surface area contributed by atoms with Crippen LogP contribution in [0, 0.1) is 0 Å². The zero-order valence-electron chi connectivity index (χ0n) is 6.48. The highest BCUT2D eigenvalue weighted by atomic mass is 31.2. The highest BCUT2D eigenvalue weighted by molar-refractivity contribution is 7.54. The zero-order valence-corrected chi connectivity index (χ0v) is 7.37. The first kappa shape index (κ1) is 10.8. The van der Waals surface area contributed by atoms with Crippen molar-refractivity contribution >= 4 is 13.9 Å². The lowest BCUT2D eigenvalue weighted by Gasteiger charge is -2.10. The summed E-state index contributed by atoms with van der Waals surface area (Å²) >= 11 is 0. The van der Waals surface area contributed by atoms with Crippen LogP contribution in [-0.4, -0.2) is 26.2 Å². The Morgan fingerprint density at radius 1 is 1.55 bits per heavy atom. The molecule has 0 radical (unpaired) electrons. The molecule has 0 saturated heterocycles. The van der Waals surface area contributed by atoms with E-state index >= 15 is 0 Å². The van der Waals surface area contributed by atoms with E-state index in [4.69, 9.17) is 0 Å². The Morgan fingerprint density at radius 2 is 2.18 bits per heavy atom. The second-order valence-corrected chi connectivity index (χ2v) is 3.72. The Kier molecular flexibility index (Phi) is 5.32. The summed E-state index contributed by atoms with van der Waals surface area (Å²) in [5, 5.41) is 0. The van der Waals surface area contributed by atoms with Crippen LogP contribution in [0.1, 0.15) is 6.92 Å². The molecule has 1 atom stereocenters. The molecule has 0 bridgehead atoms. The number of carbonyl (C=O) groups excluding carboxylic acids is 1. The summed E-state index contributed by atoms with van der Waals surface area (Å²) in [6.45, 7) is 1.92. The van der Waals surface area contributed by atoms with Crippen LogP contribution >= 0.6 is 7.60 Å². The molecule has 0 N–H and O–H groups in total. The molecule has 0 aliphatic rings. The van der Waals surface area contributed by atoms with Crippen molar-refractivity contribution in [1.29, 1.82) is 0 Å². The summed E-state index contributed by atoms with van der Waals surface area (Å²) in [6.07, 6.45) is 0.173. The Morgan fingerprint density at radius 3 is 2.55 bits per heavy atom. The van der Waals surface area contributed by atoms with Crippen LogP contribution in [0.2, 0.25) is 0 Å². The van der Waals surface area contributed by atoms with E-state index in [9.17, 15) is 9.36 Å². The Hall–Kier alpha value is -0.220. The molecule has 66 valence electrons. The standard InChI is InChI=1S/C5H11O5P/c1-3-9-10-11(7,8-2)5-4-6/h4H,3,5H2,1-2H3. The van der Waals surface area contributed by atoms with Crippen LogP contribution in [0.25, 0.3) is 0 Å². The number of hydrogen-bond donors (Lipinski definition) is 0. The molecular weight excluding hydrogens is 171 g/mol. The fourth-order valence-electron chi connectivity index (χ4n) is 0.360. The molecular formula is C5H11O5P. The van der Waals surface area contributed by atoms with Crippen molar-refractivity contribution in [1.82, 2.24) is 0 Å². The normalized spacial score (nSPS) is 15.8. The van der Waals surface area contributed by atoms with Crippen molar-refractivity contribution in [2.75, 3.05) is 19.9 Å². The third-order valence-corrected chi connectivity index (χ3v) is 2.35. The summed E-state index contributed by atoms with van der Waals surface area (Å²) in [4.78, 5) is 14.3. The molecule has 6 heteroatoms. The van der Waals surface area contributed by atoms with Gasteiger partial charge in [0.25, 0.3) is 0 Å². The first-order valence-electron chi connectivity index (χ1n) is 3.08. The van der Waals surface area contributed by atoms with Crippen LogP contribution in [0.3, 0.4) is 0 Å². The van der Waals surface area contributed by atoms with E-state index in [0.29, 0.717) is 6.29 Å². The lowest BCUT2D eigenvalue weighted by molar-refractivity contribution is -0.209. The molecule has 0 saturated carbocycles. The molecule has 0 rings (SSSR count). The fourth-order valence-corrected chi connectivity index (χ4v) is 1.08. The van der Waals surface area contributed by atoms with Gasteiger partial charge in [-0.15, -0.1) is 4.67 Å². The topological polar surface area (TPSA) is 61.8 Å². The zero-order chi connectivity index (χ0) is 8.74. The van der Waals surface area contributed by atoms with E-state index < -0.39 is 7.60 Å². The van der Waals surface area contributed by atoms with Crippen molar-refractivity contribution in [2.24, 2.45) is 0 Å². The largest absolute Gasteiger partial charge is 0.364 e. The Labute approximate surface area is 65.1 Å².